The Morgan fingerprint density at radius 3 is 2.75 bits per heavy atom. The van der Waals surface area contributed by atoms with E-state index in [-0.39, 0.29) is 5.91 Å². The van der Waals surface area contributed by atoms with E-state index in [2.05, 4.69) is 39.5 Å². The van der Waals surface area contributed by atoms with Gasteiger partial charge in [-0.2, -0.15) is 0 Å². The molecule has 0 unspecified atom stereocenters. The molecule has 1 amide bonds. The first-order valence-electron chi connectivity index (χ1n) is 9.09. The minimum Gasteiger partial charge on any atom is -0.301 e. The molecule has 0 radical (unpaired) electrons. The lowest BCUT2D eigenvalue weighted by molar-refractivity contribution is -0.113. The summed E-state index contributed by atoms with van der Waals surface area (Å²) in [6, 6.07) is 18.0. The molecule has 144 valence electrons. The zero-order valence-corrected chi connectivity index (χ0v) is 17.6. The zero-order valence-electron chi connectivity index (χ0n) is 15.2. The number of fused-ring (bicyclic) bond motifs is 1. The van der Waals surface area contributed by atoms with Crippen LogP contribution in [0.3, 0.4) is 0 Å². The van der Waals surface area contributed by atoms with Crippen molar-refractivity contribution >= 4 is 45.7 Å². The Balaban J connectivity index is 1.31. The number of halogens is 1. The van der Waals surface area contributed by atoms with Crippen LogP contribution in [0.1, 0.15) is 16.1 Å². The summed E-state index contributed by atoms with van der Waals surface area (Å²) in [6.07, 6.45) is 0.925. The molecule has 1 aliphatic rings. The van der Waals surface area contributed by atoms with E-state index in [1.165, 1.54) is 22.2 Å². The molecule has 0 spiro atoms. The van der Waals surface area contributed by atoms with E-state index in [4.69, 9.17) is 11.6 Å². The van der Waals surface area contributed by atoms with Gasteiger partial charge in [0.2, 0.25) is 5.91 Å². The van der Waals surface area contributed by atoms with E-state index in [9.17, 15) is 4.79 Å². The number of anilines is 1. The van der Waals surface area contributed by atoms with Crippen LogP contribution in [0.25, 0.3) is 0 Å². The Bertz CT molecular complexity index is 944. The molecule has 1 aliphatic heterocycles. The molecule has 3 aromatic rings. The Morgan fingerprint density at radius 1 is 1.18 bits per heavy atom. The smallest absolute Gasteiger partial charge is 0.236 e. The number of carbonyl (C=O) groups is 1. The molecule has 0 atom stereocenters. The maximum absolute atomic E-state index is 12.3. The number of amides is 1. The highest BCUT2D eigenvalue weighted by atomic mass is 35.5. The number of hydrogen-bond acceptors (Lipinski definition) is 5. The molecule has 4 rings (SSSR count). The van der Waals surface area contributed by atoms with Crippen LogP contribution in [0.2, 0.25) is 5.02 Å². The first-order chi connectivity index (χ1) is 13.7. The van der Waals surface area contributed by atoms with Gasteiger partial charge in [0.05, 0.1) is 11.4 Å². The summed E-state index contributed by atoms with van der Waals surface area (Å²) in [7, 11) is 0. The van der Waals surface area contributed by atoms with Gasteiger partial charge in [-0.1, -0.05) is 41.9 Å². The van der Waals surface area contributed by atoms with Crippen molar-refractivity contribution in [1.29, 1.82) is 0 Å². The summed E-state index contributed by atoms with van der Waals surface area (Å²) in [5.41, 5.74) is 2.44. The Labute approximate surface area is 177 Å². The van der Waals surface area contributed by atoms with Gasteiger partial charge in [-0.25, -0.2) is 4.98 Å². The van der Waals surface area contributed by atoms with Crippen LogP contribution >= 0.6 is 34.7 Å². The van der Waals surface area contributed by atoms with Crippen molar-refractivity contribution < 1.29 is 4.79 Å². The van der Waals surface area contributed by atoms with Crippen molar-refractivity contribution in [2.24, 2.45) is 0 Å². The molecule has 28 heavy (non-hydrogen) atoms. The van der Waals surface area contributed by atoms with Gasteiger partial charge in [0, 0.05) is 40.9 Å². The number of thioether (sulfide) groups is 1. The number of nitrogens with zero attached hydrogens (tertiary/aromatic N) is 2. The minimum atomic E-state index is -0.0350. The molecule has 1 N–H and O–H groups in total. The third-order valence-corrected chi connectivity index (χ3v) is 6.75. The summed E-state index contributed by atoms with van der Waals surface area (Å²) < 4.78 is 0. The third-order valence-electron chi connectivity index (χ3n) is 4.49. The van der Waals surface area contributed by atoms with Crippen LogP contribution in [0, 0.1) is 0 Å². The molecular formula is C21H20ClN3OS2. The maximum Gasteiger partial charge on any atom is 0.236 e. The zero-order chi connectivity index (χ0) is 19.3. The van der Waals surface area contributed by atoms with Gasteiger partial charge in [-0.15, -0.1) is 23.1 Å². The van der Waals surface area contributed by atoms with Crippen molar-refractivity contribution in [2.75, 3.05) is 17.6 Å². The van der Waals surface area contributed by atoms with Crippen LogP contribution in [0.4, 0.5) is 5.13 Å². The van der Waals surface area contributed by atoms with Crippen LogP contribution < -0.4 is 5.32 Å². The fourth-order valence-corrected chi connectivity index (χ4v) is 5.00. The van der Waals surface area contributed by atoms with E-state index in [1.807, 2.05) is 30.3 Å². The van der Waals surface area contributed by atoms with Gasteiger partial charge in [-0.05, 0) is 29.8 Å². The SMILES string of the molecule is O=C(CSc1ccc(Cl)cc1)Nc1nc2c(s1)CN(Cc1ccccc1)CC2. The lowest BCUT2D eigenvalue weighted by Crippen LogP contribution is -2.29. The summed E-state index contributed by atoms with van der Waals surface area (Å²) >= 11 is 8.97. The van der Waals surface area contributed by atoms with E-state index in [1.54, 1.807) is 11.3 Å². The Kier molecular flexibility index (Phi) is 6.32. The number of benzene rings is 2. The van der Waals surface area contributed by atoms with Crippen LogP contribution in [0.5, 0.6) is 0 Å². The van der Waals surface area contributed by atoms with Crippen molar-refractivity contribution in [2.45, 2.75) is 24.4 Å². The monoisotopic (exact) mass is 429 g/mol. The molecule has 4 nitrogen and oxygen atoms in total. The van der Waals surface area contributed by atoms with Crippen molar-refractivity contribution in [3.05, 3.63) is 75.8 Å². The lowest BCUT2D eigenvalue weighted by atomic mass is 10.1. The van der Waals surface area contributed by atoms with E-state index >= 15 is 0 Å². The molecule has 2 aromatic carbocycles. The summed E-state index contributed by atoms with van der Waals surface area (Å²) in [6.45, 7) is 2.82. The van der Waals surface area contributed by atoms with E-state index in [0.717, 1.165) is 36.6 Å². The van der Waals surface area contributed by atoms with E-state index in [0.29, 0.717) is 15.9 Å². The highest BCUT2D eigenvalue weighted by Gasteiger charge is 2.21. The van der Waals surface area contributed by atoms with Gasteiger partial charge >= 0.3 is 0 Å². The highest BCUT2D eigenvalue weighted by molar-refractivity contribution is 8.00. The summed E-state index contributed by atoms with van der Waals surface area (Å²) in [4.78, 5) is 21.6. The third kappa shape index (κ3) is 5.14. The molecule has 7 heteroatoms. The summed E-state index contributed by atoms with van der Waals surface area (Å²) in [5.74, 6) is 0.318. The van der Waals surface area contributed by atoms with Crippen molar-refractivity contribution in [3.8, 4) is 0 Å². The first-order valence-corrected chi connectivity index (χ1v) is 11.3. The van der Waals surface area contributed by atoms with E-state index < -0.39 is 0 Å². The average Bonchev–Trinajstić information content (AvgIpc) is 3.10. The molecule has 0 aliphatic carbocycles. The van der Waals surface area contributed by atoms with Crippen molar-refractivity contribution in [3.63, 3.8) is 0 Å². The van der Waals surface area contributed by atoms with Crippen molar-refractivity contribution in [1.82, 2.24) is 9.88 Å². The molecule has 0 saturated carbocycles. The number of carbonyl (C=O) groups excluding carboxylic acids is 1. The normalized spacial score (nSPS) is 13.9. The fraction of sp³-hybridized carbons (Fsp3) is 0.238. The largest absolute Gasteiger partial charge is 0.301 e. The molecule has 0 saturated heterocycles. The predicted octanol–water partition coefficient (Wildman–Crippen LogP) is 5.09. The Morgan fingerprint density at radius 2 is 1.96 bits per heavy atom. The average molecular weight is 430 g/mol. The van der Waals surface area contributed by atoms with Gasteiger partial charge in [0.15, 0.2) is 5.13 Å². The quantitative estimate of drug-likeness (QED) is 0.554. The molecule has 2 heterocycles. The molecule has 0 bridgehead atoms. The van der Waals surface area contributed by atoms with Gasteiger partial charge in [0.25, 0.3) is 0 Å². The molecule has 1 aromatic heterocycles. The van der Waals surface area contributed by atoms with Crippen LogP contribution in [-0.4, -0.2) is 28.1 Å². The highest BCUT2D eigenvalue weighted by Crippen LogP contribution is 2.29. The maximum atomic E-state index is 12.3. The van der Waals surface area contributed by atoms with Crippen LogP contribution in [0.15, 0.2) is 59.5 Å². The second-order valence-corrected chi connectivity index (χ2v) is 9.19. The van der Waals surface area contributed by atoms with Gasteiger partial charge < -0.3 is 5.32 Å². The number of nitrogens with one attached hydrogen (secondary N) is 1. The first kappa shape index (κ1) is 19.5. The topological polar surface area (TPSA) is 45.2 Å². The second kappa shape index (κ2) is 9.09. The summed E-state index contributed by atoms with van der Waals surface area (Å²) in [5, 5.41) is 4.35. The number of hydrogen-bond donors (Lipinski definition) is 1. The number of aromatic nitrogens is 1. The van der Waals surface area contributed by atoms with Gasteiger partial charge in [-0.3, -0.25) is 9.69 Å². The lowest BCUT2D eigenvalue weighted by Gasteiger charge is -2.25. The number of rotatable bonds is 6. The predicted molar refractivity (Wildman–Crippen MR) is 117 cm³/mol. The van der Waals surface area contributed by atoms with Crippen LogP contribution in [-0.2, 0) is 24.3 Å². The standard InChI is InChI=1S/C21H20ClN3OS2/c22-16-6-8-17(9-7-16)27-14-20(26)24-21-23-18-10-11-25(13-19(18)28-21)12-15-4-2-1-3-5-15/h1-9H,10-14H2,(H,23,24,26). The van der Waals surface area contributed by atoms with Gasteiger partial charge in [0.1, 0.15) is 0 Å². The molecule has 0 fully saturated rings. The Hall–Kier alpha value is -1.86. The second-order valence-electron chi connectivity index (χ2n) is 6.63. The fourth-order valence-electron chi connectivity index (χ4n) is 3.11. The number of thiazole rings is 1. The molecular weight excluding hydrogens is 410 g/mol. The minimum absolute atomic E-state index is 0.0350.